The fraction of sp³-hybridized carbons (Fsp3) is 0.750. The van der Waals surface area contributed by atoms with E-state index in [4.69, 9.17) is 4.42 Å². The molecule has 0 aliphatic rings. The molecule has 19 heavy (non-hydrogen) atoms. The van der Waals surface area contributed by atoms with Crippen LogP contribution < -0.4 is 10.0 Å². The molecule has 0 amide bonds. The number of nitrogens with zero attached hydrogens (tertiary/aromatic N) is 1. The molecule has 1 atom stereocenters. The van der Waals surface area contributed by atoms with Gasteiger partial charge in [0.15, 0.2) is 0 Å². The summed E-state index contributed by atoms with van der Waals surface area (Å²) in [6.07, 6.45) is 3.07. The highest BCUT2D eigenvalue weighted by Crippen LogP contribution is 2.13. The van der Waals surface area contributed by atoms with Crippen molar-refractivity contribution < 1.29 is 12.8 Å². The summed E-state index contributed by atoms with van der Waals surface area (Å²) < 4.78 is 31.6. The van der Waals surface area contributed by atoms with Crippen molar-refractivity contribution in [2.24, 2.45) is 0 Å². The average molecular weight is 289 g/mol. The first-order valence-electron chi connectivity index (χ1n) is 6.57. The van der Waals surface area contributed by atoms with E-state index in [1.807, 2.05) is 6.92 Å². The average Bonchev–Trinajstić information content (AvgIpc) is 2.75. The minimum Gasteiger partial charge on any atom is -0.444 e. The monoisotopic (exact) mass is 289 g/mol. The van der Waals surface area contributed by atoms with Crippen molar-refractivity contribution in [3.63, 3.8) is 0 Å². The number of rotatable bonds is 9. The molecule has 1 unspecified atom stereocenters. The van der Waals surface area contributed by atoms with Gasteiger partial charge in [0.2, 0.25) is 15.9 Å². The zero-order valence-electron chi connectivity index (χ0n) is 11.8. The van der Waals surface area contributed by atoms with E-state index in [2.05, 4.69) is 15.0 Å². The second-order valence-corrected chi connectivity index (χ2v) is 6.40. The van der Waals surface area contributed by atoms with Crippen LogP contribution >= 0.6 is 0 Å². The lowest BCUT2D eigenvalue weighted by Crippen LogP contribution is -2.29. The van der Waals surface area contributed by atoms with Gasteiger partial charge in [-0.1, -0.05) is 6.92 Å². The van der Waals surface area contributed by atoms with Gasteiger partial charge in [0.25, 0.3) is 0 Å². The number of nitrogens with one attached hydrogen (secondary N) is 2. The van der Waals surface area contributed by atoms with Crippen LogP contribution in [0.25, 0.3) is 0 Å². The van der Waals surface area contributed by atoms with Crippen LogP contribution in [0.2, 0.25) is 0 Å². The molecule has 0 saturated heterocycles. The lowest BCUT2D eigenvalue weighted by molar-refractivity contribution is 0.427. The van der Waals surface area contributed by atoms with Crippen LogP contribution in [0, 0.1) is 6.92 Å². The normalized spacial score (nSPS) is 13.6. The molecule has 0 aliphatic carbocycles. The third kappa shape index (κ3) is 6.17. The molecule has 0 spiro atoms. The van der Waals surface area contributed by atoms with Gasteiger partial charge < -0.3 is 9.73 Å². The number of oxazole rings is 1. The van der Waals surface area contributed by atoms with Crippen molar-refractivity contribution in [3.05, 3.63) is 17.8 Å². The maximum absolute atomic E-state index is 11.9. The Hall–Kier alpha value is -0.920. The fourth-order valence-corrected chi connectivity index (χ4v) is 3.01. The van der Waals surface area contributed by atoms with Gasteiger partial charge in [0.05, 0.1) is 18.0 Å². The van der Waals surface area contributed by atoms with Gasteiger partial charge in [-0.05, 0) is 39.8 Å². The Morgan fingerprint density at radius 1 is 1.42 bits per heavy atom. The number of aromatic nitrogens is 1. The highest BCUT2D eigenvalue weighted by atomic mass is 32.2. The van der Waals surface area contributed by atoms with E-state index in [1.165, 1.54) is 0 Å². The number of unbranched alkanes of at least 4 members (excludes halogenated alkanes) is 1. The van der Waals surface area contributed by atoms with Crippen molar-refractivity contribution in [3.8, 4) is 0 Å². The molecule has 1 rings (SSSR count). The Bertz CT molecular complexity index is 470. The van der Waals surface area contributed by atoms with Gasteiger partial charge in [-0.2, -0.15) is 0 Å². The summed E-state index contributed by atoms with van der Waals surface area (Å²) in [4.78, 5) is 4.02. The topological polar surface area (TPSA) is 84.2 Å². The third-order valence-electron chi connectivity index (χ3n) is 2.63. The predicted molar refractivity (Wildman–Crippen MR) is 74.4 cm³/mol. The van der Waals surface area contributed by atoms with Crippen LogP contribution in [-0.2, 0) is 10.0 Å². The van der Waals surface area contributed by atoms with Crippen molar-refractivity contribution in [2.45, 2.75) is 39.7 Å². The van der Waals surface area contributed by atoms with E-state index in [0.717, 1.165) is 19.5 Å². The zero-order valence-corrected chi connectivity index (χ0v) is 12.6. The van der Waals surface area contributed by atoms with Gasteiger partial charge >= 0.3 is 0 Å². The summed E-state index contributed by atoms with van der Waals surface area (Å²) in [5, 5.41) is 3.16. The Labute approximate surface area is 115 Å². The first-order valence-corrected chi connectivity index (χ1v) is 8.23. The number of hydrogen-bond donors (Lipinski definition) is 2. The molecule has 1 aromatic rings. The van der Waals surface area contributed by atoms with E-state index < -0.39 is 16.1 Å². The van der Waals surface area contributed by atoms with Crippen molar-refractivity contribution in [2.75, 3.05) is 18.8 Å². The molecule has 0 bridgehead atoms. The first-order chi connectivity index (χ1) is 8.94. The minimum atomic E-state index is -3.28. The fourth-order valence-electron chi connectivity index (χ4n) is 1.67. The molecule has 0 saturated carbocycles. The van der Waals surface area contributed by atoms with Crippen LogP contribution in [0.1, 0.15) is 44.4 Å². The Kier molecular flexibility index (Phi) is 6.47. The van der Waals surface area contributed by atoms with Crippen LogP contribution in [0.3, 0.4) is 0 Å². The molecule has 110 valence electrons. The van der Waals surface area contributed by atoms with Gasteiger partial charge in [0, 0.05) is 0 Å². The largest absolute Gasteiger partial charge is 0.444 e. The van der Waals surface area contributed by atoms with Crippen molar-refractivity contribution in [1.29, 1.82) is 0 Å². The van der Waals surface area contributed by atoms with E-state index >= 15 is 0 Å². The second-order valence-electron chi connectivity index (χ2n) is 4.53. The number of hydrogen-bond acceptors (Lipinski definition) is 5. The van der Waals surface area contributed by atoms with Crippen LogP contribution in [-0.4, -0.2) is 32.2 Å². The molecule has 1 heterocycles. The molecular weight excluding hydrogens is 266 g/mol. The summed E-state index contributed by atoms with van der Waals surface area (Å²) in [5.74, 6) is 1.20. The molecule has 6 nitrogen and oxygen atoms in total. The Morgan fingerprint density at radius 2 is 2.16 bits per heavy atom. The zero-order chi connectivity index (χ0) is 14.3. The van der Waals surface area contributed by atoms with E-state index in [0.29, 0.717) is 18.1 Å². The predicted octanol–water partition coefficient (Wildman–Crippen LogP) is 1.35. The summed E-state index contributed by atoms with van der Waals surface area (Å²) >= 11 is 0. The standard InChI is InChI=1S/C12H23N3O3S/c1-4-13-7-5-6-8-19(16,17)15-11(3)12-14-9-10(2)18-12/h9,11,13,15H,4-8H2,1-3H3. The van der Waals surface area contributed by atoms with Crippen LogP contribution in [0.5, 0.6) is 0 Å². The Morgan fingerprint density at radius 3 is 2.74 bits per heavy atom. The number of sulfonamides is 1. The maximum atomic E-state index is 11.9. The van der Waals surface area contributed by atoms with E-state index in [1.54, 1.807) is 20.0 Å². The lowest BCUT2D eigenvalue weighted by atomic mass is 10.3. The molecule has 7 heteroatoms. The quantitative estimate of drug-likeness (QED) is 0.670. The summed E-state index contributed by atoms with van der Waals surface area (Å²) in [6.45, 7) is 7.28. The molecule has 2 N–H and O–H groups in total. The van der Waals surface area contributed by atoms with Gasteiger partial charge in [0.1, 0.15) is 5.76 Å². The van der Waals surface area contributed by atoms with E-state index in [9.17, 15) is 8.42 Å². The number of aryl methyl sites for hydroxylation is 1. The minimum absolute atomic E-state index is 0.127. The molecule has 0 radical (unpaired) electrons. The summed E-state index contributed by atoms with van der Waals surface area (Å²) in [6, 6.07) is -0.438. The molecule has 1 aromatic heterocycles. The first kappa shape index (κ1) is 16.1. The van der Waals surface area contributed by atoms with E-state index in [-0.39, 0.29) is 5.75 Å². The smallest absolute Gasteiger partial charge is 0.212 e. The molecular formula is C12H23N3O3S. The third-order valence-corrected chi connectivity index (χ3v) is 4.17. The van der Waals surface area contributed by atoms with Gasteiger partial charge in [-0.25, -0.2) is 18.1 Å². The summed E-state index contributed by atoms with van der Waals surface area (Å²) in [7, 11) is -3.28. The molecule has 0 fully saturated rings. The molecule has 0 aliphatic heterocycles. The van der Waals surface area contributed by atoms with Crippen molar-refractivity contribution >= 4 is 10.0 Å². The Balaban J connectivity index is 2.37. The van der Waals surface area contributed by atoms with Crippen LogP contribution in [0.4, 0.5) is 0 Å². The van der Waals surface area contributed by atoms with Crippen molar-refractivity contribution in [1.82, 2.24) is 15.0 Å². The summed E-state index contributed by atoms with van der Waals surface area (Å²) in [5.41, 5.74) is 0. The lowest BCUT2D eigenvalue weighted by Gasteiger charge is -2.11. The highest BCUT2D eigenvalue weighted by molar-refractivity contribution is 7.89. The van der Waals surface area contributed by atoms with Crippen LogP contribution in [0.15, 0.2) is 10.6 Å². The maximum Gasteiger partial charge on any atom is 0.212 e. The van der Waals surface area contributed by atoms with Gasteiger partial charge in [-0.3, -0.25) is 0 Å². The molecule has 0 aromatic carbocycles. The second kappa shape index (κ2) is 7.62. The SMILES string of the molecule is CCNCCCCS(=O)(=O)NC(C)c1ncc(C)o1. The van der Waals surface area contributed by atoms with Gasteiger partial charge in [-0.15, -0.1) is 0 Å². The highest BCUT2D eigenvalue weighted by Gasteiger charge is 2.18.